The Bertz CT molecular complexity index is 890. The van der Waals surface area contributed by atoms with Gasteiger partial charge in [-0.15, -0.1) is 0 Å². The first-order chi connectivity index (χ1) is 16.0. The summed E-state index contributed by atoms with van der Waals surface area (Å²) in [6.45, 7) is 9.40. The van der Waals surface area contributed by atoms with Gasteiger partial charge in [0, 0.05) is 50.3 Å². The first-order valence-electron chi connectivity index (χ1n) is 12.5. The number of hydrogen-bond donors (Lipinski definition) is 0. The van der Waals surface area contributed by atoms with Crippen LogP contribution in [0.2, 0.25) is 0 Å². The van der Waals surface area contributed by atoms with E-state index in [1.807, 2.05) is 24.0 Å². The van der Waals surface area contributed by atoms with Crippen LogP contribution in [0.5, 0.6) is 5.75 Å². The molecular formula is C27H40N4O2. The van der Waals surface area contributed by atoms with Gasteiger partial charge in [-0.1, -0.05) is 51.2 Å². The van der Waals surface area contributed by atoms with Crippen molar-refractivity contribution in [1.82, 2.24) is 14.9 Å². The Hall–Kier alpha value is -2.63. The van der Waals surface area contributed by atoms with Crippen LogP contribution in [0.1, 0.15) is 74.5 Å². The Balaban J connectivity index is 1.59. The van der Waals surface area contributed by atoms with Crippen molar-refractivity contribution in [2.45, 2.75) is 72.1 Å². The molecule has 2 aromatic rings. The van der Waals surface area contributed by atoms with E-state index in [1.165, 1.54) is 37.7 Å². The Labute approximate surface area is 199 Å². The summed E-state index contributed by atoms with van der Waals surface area (Å²) in [7, 11) is 1.68. The van der Waals surface area contributed by atoms with E-state index in [-0.39, 0.29) is 0 Å². The van der Waals surface area contributed by atoms with Crippen LogP contribution in [0.3, 0.4) is 0 Å². The van der Waals surface area contributed by atoms with E-state index in [0.29, 0.717) is 12.3 Å². The maximum absolute atomic E-state index is 12.7. The highest BCUT2D eigenvalue weighted by atomic mass is 16.5. The number of rotatable bonds is 11. The molecule has 33 heavy (non-hydrogen) atoms. The number of ether oxygens (including phenoxy) is 1. The van der Waals surface area contributed by atoms with Gasteiger partial charge in [-0.2, -0.15) is 0 Å². The molecule has 0 bridgehead atoms. The van der Waals surface area contributed by atoms with Crippen molar-refractivity contribution in [3.8, 4) is 5.75 Å². The molecular weight excluding hydrogens is 412 g/mol. The lowest BCUT2D eigenvalue weighted by Gasteiger charge is -2.36. The van der Waals surface area contributed by atoms with Gasteiger partial charge in [0.15, 0.2) is 0 Å². The molecule has 1 amide bonds. The highest BCUT2D eigenvalue weighted by Gasteiger charge is 2.24. The fraction of sp³-hybridized carbons (Fsp3) is 0.593. The molecule has 2 heterocycles. The van der Waals surface area contributed by atoms with E-state index in [4.69, 9.17) is 9.72 Å². The largest absolute Gasteiger partial charge is 0.497 e. The summed E-state index contributed by atoms with van der Waals surface area (Å²) in [6.07, 6.45) is 8.75. The standard InChI is InChI=1S/C27H40N4O2/c1-5-6-7-8-9-10-11-26(32)30-16-18-31(19-17-30)27-25(21(2)28-22(3)29-27)20-23-12-14-24(33-4)15-13-23/h12-15H,5-11,16-20H2,1-4H3. The zero-order valence-corrected chi connectivity index (χ0v) is 20.9. The lowest BCUT2D eigenvalue weighted by molar-refractivity contribution is -0.131. The number of anilines is 1. The summed E-state index contributed by atoms with van der Waals surface area (Å²) in [5.74, 6) is 2.97. The molecule has 180 valence electrons. The Morgan fingerprint density at radius 1 is 0.939 bits per heavy atom. The molecule has 1 saturated heterocycles. The monoisotopic (exact) mass is 452 g/mol. The van der Waals surface area contributed by atoms with E-state index in [1.54, 1.807) is 7.11 Å². The second-order valence-electron chi connectivity index (χ2n) is 9.07. The number of piperazine rings is 1. The molecule has 0 spiro atoms. The number of methoxy groups -OCH3 is 1. The second-order valence-corrected chi connectivity index (χ2v) is 9.07. The molecule has 0 saturated carbocycles. The van der Waals surface area contributed by atoms with Crippen molar-refractivity contribution in [1.29, 1.82) is 0 Å². The third-order valence-corrected chi connectivity index (χ3v) is 6.52. The van der Waals surface area contributed by atoms with Crippen molar-refractivity contribution in [3.05, 3.63) is 46.9 Å². The maximum atomic E-state index is 12.7. The van der Waals surface area contributed by atoms with Gasteiger partial charge in [0.2, 0.25) is 5.91 Å². The molecule has 0 unspecified atom stereocenters. The minimum absolute atomic E-state index is 0.304. The van der Waals surface area contributed by atoms with Gasteiger partial charge in [-0.3, -0.25) is 4.79 Å². The summed E-state index contributed by atoms with van der Waals surface area (Å²) < 4.78 is 5.29. The number of benzene rings is 1. The van der Waals surface area contributed by atoms with Crippen molar-refractivity contribution < 1.29 is 9.53 Å². The lowest BCUT2D eigenvalue weighted by Crippen LogP contribution is -2.49. The molecule has 1 aromatic heterocycles. The summed E-state index contributed by atoms with van der Waals surface area (Å²) >= 11 is 0. The molecule has 1 aliphatic rings. The summed E-state index contributed by atoms with van der Waals surface area (Å²) in [5.41, 5.74) is 3.40. The predicted molar refractivity (Wildman–Crippen MR) is 134 cm³/mol. The average molecular weight is 453 g/mol. The van der Waals surface area contributed by atoms with Gasteiger partial charge in [-0.25, -0.2) is 9.97 Å². The van der Waals surface area contributed by atoms with Crippen molar-refractivity contribution >= 4 is 11.7 Å². The molecule has 3 rings (SSSR count). The maximum Gasteiger partial charge on any atom is 0.222 e. The highest BCUT2D eigenvalue weighted by molar-refractivity contribution is 5.76. The molecule has 1 fully saturated rings. The zero-order valence-electron chi connectivity index (χ0n) is 20.9. The van der Waals surface area contributed by atoms with Crippen molar-refractivity contribution in [3.63, 3.8) is 0 Å². The van der Waals surface area contributed by atoms with Crippen LogP contribution in [-0.4, -0.2) is 54.1 Å². The first-order valence-corrected chi connectivity index (χ1v) is 12.5. The number of aromatic nitrogens is 2. The van der Waals surface area contributed by atoms with Crippen molar-refractivity contribution in [2.75, 3.05) is 38.2 Å². The minimum atomic E-state index is 0.304. The van der Waals surface area contributed by atoms with E-state index in [2.05, 4.69) is 35.9 Å². The fourth-order valence-corrected chi connectivity index (χ4v) is 4.52. The van der Waals surface area contributed by atoms with Crippen LogP contribution in [-0.2, 0) is 11.2 Å². The third kappa shape index (κ3) is 7.18. The Morgan fingerprint density at radius 3 is 2.27 bits per heavy atom. The number of unbranched alkanes of at least 4 members (excludes halogenated alkanes) is 5. The van der Waals surface area contributed by atoms with E-state index in [0.717, 1.165) is 67.7 Å². The topological polar surface area (TPSA) is 58.6 Å². The van der Waals surface area contributed by atoms with Crippen LogP contribution in [0.4, 0.5) is 5.82 Å². The van der Waals surface area contributed by atoms with Gasteiger partial charge in [0.25, 0.3) is 0 Å². The molecule has 6 nitrogen and oxygen atoms in total. The number of aryl methyl sites for hydroxylation is 2. The van der Waals surface area contributed by atoms with Crippen molar-refractivity contribution in [2.24, 2.45) is 0 Å². The normalized spacial score (nSPS) is 13.9. The zero-order chi connectivity index (χ0) is 23.6. The van der Waals surface area contributed by atoms with Gasteiger partial charge >= 0.3 is 0 Å². The average Bonchev–Trinajstić information content (AvgIpc) is 2.83. The molecule has 0 radical (unpaired) electrons. The minimum Gasteiger partial charge on any atom is -0.497 e. The first kappa shape index (κ1) is 25.0. The van der Waals surface area contributed by atoms with E-state index >= 15 is 0 Å². The lowest BCUT2D eigenvalue weighted by atomic mass is 10.0. The fourth-order valence-electron chi connectivity index (χ4n) is 4.52. The van der Waals surface area contributed by atoms with E-state index < -0.39 is 0 Å². The van der Waals surface area contributed by atoms with Crippen LogP contribution >= 0.6 is 0 Å². The van der Waals surface area contributed by atoms with Gasteiger partial charge in [-0.05, 0) is 38.0 Å². The highest BCUT2D eigenvalue weighted by Crippen LogP contribution is 2.26. The number of amides is 1. The van der Waals surface area contributed by atoms with Gasteiger partial charge in [0.05, 0.1) is 7.11 Å². The Morgan fingerprint density at radius 2 is 1.61 bits per heavy atom. The number of carbonyl (C=O) groups excluding carboxylic acids is 1. The third-order valence-electron chi connectivity index (χ3n) is 6.52. The van der Waals surface area contributed by atoms with Gasteiger partial charge < -0.3 is 14.5 Å². The number of hydrogen-bond acceptors (Lipinski definition) is 5. The van der Waals surface area contributed by atoms with Crippen LogP contribution < -0.4 is 9.64 Å². The number of nitrogens with zero attached hydrogens (tertiary/aromatic N) is 4. The molecule has 6 heteroatoms. The van der Waals surface area contributed by atoms with E-state index in [9.17, 15) is 4.79 Å². The molecule has 0 atom stereocenters. The van der Waals surface area contributed by atoms with Crippen LogP contribution in [0.15, 0.2) is 24.3 Å². The molecule has 1 aliphatic heterocycles. The smallest absolute Gasteiger partial charge is 0.222 e. The van der Waals surface area contributed by atoms with Crippen LogP contribution in [0.25, 0.3) is 0 Å². The molecule has 0 aliphatic carbocycles. The summed E-state index contributed by atoms with van der Waals surface area (Å²) in [4.78, 5) is 26.5. The summed E-state index contributed by atoms with van der Waals surface area (Å²) in [5, 5.41) is 0. The molecule has 1 aromatic carbocycles. The molecule has 0 N–H and O–H groups in total. The van der Waals surface area contributed by atoms with Gasteiger partial charge in [0.1, 0.15) is 17.4 Å². The second kappa shape index (κ2) is 12.6. The Kier molecular flexibility index (Phi) is 9.52. The van der Waals surface area contributed by atoms with Crippen LogP contribution in [0, 0.1) is 13.8 Å². The SMILES string of the molecule is CCCCCCCCC(=O)N1CCN(c2nc(C)nc(C)c2Cc2ccc(OC)cc2)CC1. The summed E-state index contributed by atoms with van der Waals surface area (Å²) in [6, 6.07) is 8.18. The quantitative estimate of drug-likeness (QED) is 0.444. The number of carbonyl (C=O) groups is 1. The predicted octanol–water partition coefficient (Wildman–Crippen LogP) is 5.09.